The average molecular weight is 638 g/mol. The van der Waals surface area contributed by atoms with Crippen LogP contribution in [-0.4, -0.2) is 83.1 Å². The van der Waals surface area contributed by atoms with E-state index in [0.717, 1.165) is 18.4 Å². The predicted octanol–water partition coefficient (Wildman–Crippen LogP) is 4.87. The molecule has 2 aromatic rings. The van der Waals surface area contributed by atoms with E-state index < -0.39 is 23.5 Å². The predicted molar refractivity (Wildman–Crippen MR) is 156 cm³/mol. The number of amides is 3. The van der Waals surface area contributed by atoms with Crippen molar-refractivity contribution in [3.63, 3.8) is 0 Å². The van der Waals surface area contributed by atoms with Gasteiger partial charge in [-0.2, -0.15) is 0 Å². The Bertz CT molecular complexity index is 1180. The summed E-state index contributed by atoms with van der Waals surface area (Å²) < 4.78 is 11.4. The van der Waals surface area contributed by atoms with E-state index in [2.05, 4.69) is 26.2 Å². The van der Waals surface area contributed by atoms with Crippen LogP contribution in [0.4, 0.5) is 4.79 Å². The van der Waals surface area contributed by atoms with Crippen LogP contribution in [0.1, 0.15) is 63.2 Å². The SMILES string of the molecule is CCCCOC(=O)N1CCN(C(=O)C(CCC(=O)OC(C)(C)C)NC(=O)c2nc(-c3ccccc3)c(Br)s2)CC1. The van der Waals surface area contributed by atoms with Gasteiger partial charge in [-0.1, -0.05) is 43.7 Å². The fraction of sp³-hybridized carbons (Fsp3) is 0.536. The van der Waals surface area contributed by atoms with Crippen LogP contribution in [0.25, 0.3) is 11.3 Å². The number of unbranched alkanes of at least 4 members (excludes halogenated alkanes) is 1. The fourth-order valence-electron chi connectivity index (χ4n) is 4.03. The van der Waals surface area contributed by atoms with E-state index in [9.17, 15) is 19.2 Å². The molecule has 0 aliphatic carbocycles. The van der Waals surface area contributed by atoms with E-state index in [1.165, 1.54) is 11.3 Å². The van der Waals surface area contributed by atoms with Crippen molar-refractivity contribution < 1.29 is 28.7 Å². The summed E-state index contributed by atoms with van der Waals surface area (Å²) in [4.78, 5) is 59.2. The smallest absolute Gasteiger partial charge is 0.409 e. The number of nitrogens with one attached hydrogen (secondary N) is 1. The Morgan fingerprint density at radius 3 is 2.35 bits per heavy atom. The highest BCUT2D eigenvalue weighted by Gasteiger charge is 2.32. The van der Waals surface area contributed by atoms with Crippen LogP contribution in [-0.2, 0) is 19.1 Å². The molecule has 1 N–H and O–H groups in total. The van der Waals surface area contributed by atoms with Crippen molar-refractivity contribution in [2.75, 3.05) is 32.8 Å². The first-order valence-electron chi connectivity index (χ1n) is 13.4. The maximum Gasteiger partial charge on any atom is 0.409 e. The van der Waals surface area contributed by atoms with Crippen molar-refractivity contribution in [3.05, 3.63) is 39.1 Å². The van der Waals surface area contributed by atoms with E-state index in [1.54, 1.807) is 30.6 Å². The Morgan fingerprint density at radius 2 is 1.73 bits per heavy atom. The van der Waals surface area contributed by atoms with Gasteiger partial charge in [0.05, 0.1) is 16.1 Å². The maximum atomic E-state index is 13.5. The normalized spacial score (nSPS) is 14.4. The Balaban J connectivity index is 1.69. The van der Waals surface area contributed by atoms with Crippen LogP contribution in [0.3, 0.4) is 0 Å². The zero-order chi connectivity index (χ0) is 29.3. The molecule has 0 saturated carbocycles. The standard InChI is InChI=1S/C28H37BrN4O6S/c1-5-6-18-38-27(37)33-16-14-32(15-17-33)26(36)20(12-13-21(34)39-28(2,3)4)30-24(35)25-31-22(23(29)40-25)19-10-8-7-9-11-19/h7-11,20H,5-6,12-18H2,1-4H3,(H,30,35). The van der Waals surface area contributed by atoms with E-state index in [-0.39, 0.29) is 29.8 Å². The molecule has 1 aliphatic rings. The lowest BCUT2D eigenvalue weighted by Gasteiger charge is -2.36. The van der Waals surface area contributed by atoms with E-state index in [4.69, 9.17) is 9.47 Å². The molecule has 1 aromatic carbocycles. The summed E-state index contributed by atoms with van der Waals surface area (Å²) in [7, 11) is 0. The number of thiazole rings is 1. The Morgan fingerprint density at radius 1 is 1.07 bits per heavy atom. The number of rotatable bonds is 10. The van der Waals surface area contributed by atoms with Gasteiger partial charge in [-0.15, -0.1) is 11.3 Å². The summed E-state index contributed by atoms with van der Waals surface area (Å²) in [5.41, 5.74) is 0.825. The maximum absolute atomic E-state index is 13.5. The lowest BCUT2D eigenvalue weighted by Crippen LogP contribution is -2.56. The van der Waals surface area contributed by atoms with Gasteiger partial charge in [0.15, 0.2) is 5.01 Å². The van der Waals surface area contributed by atoms with Gasteiger partial charge in [0, 0.05) is 38.2 Å². The molecule has 12 heteroatoms. The minimum Gasteiger partial charge on any atom is -0.460 e. The first kappa shape index (κ1) is 31.5. The van der Waals surface area contributed by atoms with Gasteiger partial charge in [-0.25, -0.2) is 9.78 Å². The Labute approximate surface area is 247 Å². The lowest BCUT2D eigenvalue weighted by molar-refractivity contribution is -0.155. The van der Waals surface area contributed by atoms with Gasteiger partial charge >= 0.3 is 12.1 Å². The minimum atomic E-state index is -0.967. The summed E-state index contributed by atoms with van der Waals surface area (Å²) >= 11 is 4.66. The quantitative estimate of drug-likeness (QED) is 0.292. The molecule has 3 rings (SSSR count). The van der Waals surface area contributed by atoms with Gasteiger partial charge in [0.25, 0.3) is 5.91 Å². The molecular weight excluding hydrogens is 600 g/mol. The largest absolute Gasteiger partial charge is 0.460 e. The number of benzene rings is 1. The molecular formula is C28H37BrN4O6S. The van der Waals surface area contributed by atoms with Crippen LogP contribution in [0, 0.1) is 0 Å². The van der Waals surface area contributed by atoms with Crippen LogP contribution < -0.4 is 5.32 Å². The molecule has 0 bridgehead atoms. The Kier molecular flexibility index (Phi) is 11.5. The summed E-state index contributed by atoms with van der Waals surface area (Å²) in [5.74, 6) is -1.29. The highest BCUT2D eigenvalue weighted by Crippen LogP contribution is 2.33. The fourth-order valence-corrected chi connectivity index (χ4v) is 5.53. The van der Waals surface area contributed by atoms with Crippen LogP contribution >= 0.6 is 27.3 Å². The van der Waals surface area contributed by atoms with E-state index >= 15 is 0 Å². The highest BCUT2D eigenvalue weighted by molar-refractivity contribution is 9.11. The third-order valence-corrected chi connectivity index (χ3v) is 7.76. The molecule has 2 heterocycles. The lowest BCUT2D eigenvalue weighted by atomic mass is 10.1. The van der Waals surface area contributed by atoms with Crippen molar-refractivity contribution >= 4 is 51.1 Å². The molecule has 1 fully saturated rings. The van der Waals surface area contributed by atoms with Gasteiger partial charge in [0.1, 0.15) is 11.6 Å². The third kappa shape index (κ3) is 9.29. The van der Waals surface area contributed by atoms with Crippen molar-refractivity contribution in [3.8, 4) is 11.3 Å². The van der Waals surface area contributed by atoms with Crippen LogP contribution in [0.2, 0.25) is 0 Å². The molecule has 0 radical (unpaired) electrons. The summed E-state index contributed by atoms with van der Waals surface area (Å²) in [5, 5.41) is 2.99. The molecule has 218 valence electrons. The van der Waals surface area contributed by atoms with Crippen molar-refractivity contribution in [1.29, 1.82) is 0 Å². The second-order valence-electron chi connectivity index (χ2n) is 10.4. The van der Waals surface area contributed by atoms with Gasteiger partial charge in [-0.3, -0.25) is 14.4 Å². The number of carbonyl (C=O) groups is 4. The second kappa shape index (κ2) is 14.6. The second-order valence-corrected chi connectivity index (χ2v) is 12.8. The molecule has 0 spiro atoms. The molecule has 1 saturated heterocycles. The molecule has 10 nitrogen and oxygen atoms in total. The summed E-state index contributed by atoms with van der Waals surface area (Å²) in [6.07, 6.45) is 1.35. The zero-order valence-electron chi connectivity index (χ0n) is 23.4. The number of ether oxygens (including phenoxy) is 2. The summed E-state index contributed by atoms with van der Waals surface area (Å²) in [6.45, 7) is 8.93. The first-order valence-corrected chi connectivity index (χ1v) is 15.0. The van der Waals surface area contributed by atoms with Gasteiger partial charge in [-0.05, 0) is 49.5 Å². The number of piperazine rings is 1. The number of halogens is 1. The zero-order valence-corrected chi connectivity index (χ0v) is 25.8. The Hall–Kier alpha value is -2.99. The van der Waals surface area contributed by atoms with E-state index in [0.29, 0.717) is 42.3 Å². The first-order chi connectivity index (χ1) is 19.0. The molecule has 1 atom stereocenters. The number of aromatic nitrogens is 1. The molecule has 40 heavy (non-hydrogen) atoms. The topological polar surface area (TPSA) is 118 Å². The molecule has 1 aromatic heterocycles. The number of hydrogen-bond donors (Lipinski definition) is 1. The van der Waals surface area contributed by atoms with Crippen molar-refractivity contribution in [2.24, 2.45) is 0 Å². The monoisotopic (exact) mass is 636 g/mol. The number of hydrogen-bond acceptors (Lipinski definition) is 8. The molecule has 1 aliphatic heterocycles. The third-order valence-electron chi connectivity index (χ3n) is 6.06. The van der Waals surface area contributed by atoms with Crippen LogP contribution in [0.15, 0.2) is 34.1 Å². The summed E-state index contributed by atoms with van der Waals surface area (Å²) in [6, 6.07) is 8.49. The highest BCUT2D eigenvalue weighted by atomic mass is 79.9. The number of carbonyl (C=O) groups excluding carboxylic acids is 4. The van der Waals surface area contributed by atoms with Gasteiger partial charge in [0.2, 0.25) is 5.91 Å². The van der Waals surface area contributed by atoms with Crippen molar-refractivity contribution in [2.45, 2.75) is 65.0 Å². The molecule has 3 amide bonds. The number of esters is 1. The average Bonchev–Trinajstić information content (AvgIpc) is 3.32. The molecule has 1 unspecified atom stereocenters. The van der Waals surface area contributed by atoms with Gasteiger partial charge < -0.3 is 24.6 Å². The van der Waals surface area contributed by atoms with E-state index in [1.807, 2.05) is 37.3 Å². The van der Waals surface area contributed by atoms with Crippen LogP contribution in [0.5, 0.6) is 0 Å². The minimum absolute atomic E-state index is 0.0471. The van der Waals surface area contributed by atoms with Crippen molar-refractivity contribution in [1.82, 2.24) is 20.1 Å². The number of nitrogens with zero attached hydrogens (tertiary/aromatic N) is 3.